The van der Waals surface area contributed by atoms with E-state index < -0.39 is 17.4 Å². The van der Waals surface area contributed by atoms with Gasteiger partial charge in [0, 0.05) is 0 Å². The molecule has 0 saturated carbocycles. The fourth-order valence-electron chi connectivity index (χ4n) is 3.94. The van der Waals surface area contributed by atoms with Gasteiger partial charge >= 0.3 is 63.3 Å². The number of aliphatic carboxylic acids is 2. The maximum absolute atomic E-state index is 11.8. The summed E-state index contributed by atoms with van der Waals surface area (Å²) in [5.74, 6) is -2.30. The third-order valence-corrected chi connectivity index (χ3v) is 5.98. The van der Waals surface area contributed by atoms with Gasteiger partial charge in [0.1, 0.15) is 0 Å². The molecule has 0 aliphatic rings. The minimum Gasteiger partial charge on any atom is -1.00 e. The van der Waals surface area contributed by atoms with E-state index in [0.717, 1.165) is 25.7 Å². The first-order valence-corrected chi connectivity index (χ1v) is 12.0. The van der Waals surface area contributed by atoms with Crippen molar-refractivity contribution in [2.75, 3.05) is 0 Å². The van der Waals surface area contributed by atoms with Crippen molar-refractivity contribution in [2.45, 2.75) is 136 Å². The first-order chi connectivity index (χ1) is 13.5. The Hall–Kier alpha value is 0.576. The van der Waals surface area contributed by atoms with Crippen molar-refractivity contribution in [3.8, 4) is 0 Å². The van der Waals surface area contributed by atoms with E-state index in [2.05, 4.69) is 13.8 Å². The summed E-state index contributed by atoms with van der Waals surface area (Å²) in [7, 11) is 0. The van der Waals surface area contributed by atoms with Crippen molar-refractivity contribution in [1.82, 2.24) is 0 Å². The van der Waals surface area contributed by atoms with Crippen LogP contribution in [0.15, 0.2) is 0 Å². The van der Waals surface area contributed by atoms with Gasteiger partial charge in [0.05, 0.1) is 0 Å². The second kappa shape index (κ2) is 21.8. The molecule has 0 atom stereocenters. The molecular formula is C24H47KO4. The molecule has 0 aliphatic carbocycles. The molecule has 0 saturated heterocycles. The number of carboxylic acid groups (broad SMARTS) is 2. The van der Waals surface area contributed by atoms with Crippen LogP contribution in [0.4, 0.5) is 0 Å². The van der Waals surface area contributed by atoms with Crippen LogP contribution in [0.5, 0.6) is 0 Å². The number of unbranched alkanes of at least 4 members (excludes halogenated alkanes) is 15. The van der Waals surface area contributed by atoms with E-state index in [1.54, 1.807) is 0 Å². The summed E-state index contributed by atoms with van der Waals surface area (Å²) in [4.78, 5) is 23.6. The van der Waals surface area contributed by atoms with Crippen LogP contribution in [0.25, 0.3) is 0 Å². The maximum atomic E-state index is 11.8. The number of rotatable bonds is 21. The molecule has 5 heteroatoms. The van der Waals surface area contributed by atoms with Gasteiger partial charge in [0.25, 0.3) is 0 Å². The molecule has 0 aliphatic heterocycles. The van der Waals surface area contributed by atoms with Crippen molar-refractivity contribution < 1.29 is 72.6 Å². The Morgan fingerprint density at radius 3 is 1.03 bits per heavy atom. The Labute approximate surface area is 223 Å². The molecular weight excluding hydrogens is 391 g/mol. The summed E-state index contributed by atoms with van der Waals surface area (Å²) in [5, 5.41) is 19.3. The van der Waals surface area contributed by atoms with E-state index in [1.807, 2.05) is 0 Å². The Bertz CT molecular complexity index is 391. The van der Waals surface area contributed by atoms with E-state index in [4.69, 9.17) is 0 Å². The number of hydrogen-bond donors (Lipinski definition) is 2. The van der Waals surface area contributed by atoms with Gasteiger partial charge in [-0.3, -0.25) is 9.59 Å². The molecule has 0 rings (SSSR count). The minimum atomic E-state index is -1.58. The molecule has 0 heterocycles. The summed E-state index contributed by atoms with van der Waals surface area (Å²) >= 11 is 0. The summed E-state index contributed by atoms with van der Waals surface area (Å²) in [6.45, 7) is 4.41. The quantitative estimate of drug-likeness (QED) is 0.155. The zero-order chi connectivity index (χ0) is 21.1. The molecule has 0 aromatic heterocycles. The summed E-state index contributed by atoms with van der Waals surface area (Å²) in [6.07, 6.45) is 19.7. The van der Waals surface area contributed by atoms with E-state index in [0.29, 0.717) is 12.8 Å². The Morgan fingerprint density at radius 1 is 0.552 bits per heavy atom. The van der Waals surface area contributed by atoms with Gasteiger partial charge in [-0.1, -0.05) is 123 Å². The standard InChI is InChI=1S/C24H46O4.K.H/c1-3-5-7-9-11-12-13-15-17-19-21-24(22(25)26,23(27)28)20-18-16-14-10-8-6-4-2;;/h3-21H2,1-2H3,(H,25,26)(H,27,28);;/q;+1;-1. The molecule has 0 unspecified atom stereocenters. The molecule has 0 aromatic carbocycles. The molecule has 2 N–H and O–H groups in total. The second-order valence-electron chi connectivity index (χ2n) is 8.50. The van der Waals surface area contributed by atoms with Crippen LogP contribution in [0.3, 0.4) is 0 Å². The fourth-order valence-corrected chi connectivity index (χ4v) is 3.94. The average Bonchev–Trinajstić information content (AvgIpc) is 2.66. The third kappa shape index (κ3) is 15.9. The van der Waals surface area contributed by atoms with Gasteiger partial charge in [-0.05, 0) is 12.8 Å². The summed E-state index contributed by atoms with van der Waals surface area (Å²) < 4.78 is 0. The third-order valence-electron chi connectivity index (χ3n) is 5.98. The largest absolute Gasteiger partial charge is 1.00 e. The first-order valence-electron chi connectivity index (χ1n) is 12.0. The molecule has 0 aromatic rings. The number of hydrogen-bond acceptors (Lipinski definition) is 2. The van der Waals surface area contributed by atoms with Crippen LogP contribution in [-0.2, 0) is 9.59 Å². The topological polar surface area (TPSA) is 74.6 Å². The first kappa shape index (κ1) is 31.8. The molecule has 4 nitrogen and oxygen atoms in total. The zero-order valence-electron chi connectivity index (χ0n) is 20.6. The van der Waals surface area contributed by atoms with Crippen LogP contribution in [-0.4, -0.2) is 22.2 Å². The van der Waals surface area contributed by atoms with Crippen LogP contribution >= 0.6 is 0 Å². The Morgan fingerprint density at radius 2 is 0.793 bits per heavy atom. The van der Waals surface area contributed by atoms with Gasteiger partial charge in [-0.2, -0.15) is 0 Å². The SMILES string of the molecule is CCCCCCCCCCCCC(CCCCCCCCC)(C(=O)O)C(=O)O.[H-].[K+]. The average molecular weight is 439 g/mol. The molecule has 168 valence electrons. The molecule has 29 heavy (non-hydrogen) atoms. The predicted molar refractivity (Wildman–Crippen MR) is 118 cm³/mol. The van der Waals surface area contributed by atoms with Crippen molar-refractivity contribution in [3.63, 3.8) is 0 Å². The Balaban J connectivity index is -0.00000364. The van der Waals surface area contributed by atoms with Crippen LogP contribution in [0.2, 0.25) is 0 Å². The monoisotopic (exact) mass is 438 g/mol. The minimum absolute atomic E-state index is 0. The van der Waals surface area contributed by atoms with Gasteiger partial charge < -0.3 is 11.6 Å². The van der Waals surface area contributed by atoms with Crippen molar-refractivity contribution in [2.24, 2.45) is 5.41 Å². The summed E-state index contributed by atoms with van der Waals surface area (Å²) in [6, 6.07) is 0. The second-order valence-corrected chi connectivity index (χ2v) is 8.50. The number of carboxylic acids is 2. The Kier molecular flexibility index (Phi) is 23.9. The van der Waals surface area contributed by atoms with E-state index >= 15 is 0 Å². The molecule has 0 spiro atoms. The predicted octanol–water partition coefficient (Wildman–Crippen LogP) is 4.71. The smallest absolute Gasteiger partial charge is 1.00 e. The van der Waals surface area contributed by atoms with Gasteiger partial charge in [-0.25, -0.2) is 0 Å². The molecule has 0 radical (unpaired) electrons. The normalized spacial score (nSPS) is 11.2. The maximum Gasteiger partial charge on any atom is 1.00 e. The van der Waals surface area contributed by atoms with E-state index in [1.165, 1.54) is 70.6 Å². The summed E-state index contributed by atoms with van der Waals surface area (Å²) in [5.41, 5.74) is -1.58. The molecule has 0 amide bonds. The van der Waals surface area contributed by atoms with Crippen LogP contribution < -0.4 is 51.4 Å². The molecule has 0 fully saturated rings. The van der Waals surface area contributed by atoms with Gasteiger partial charge in [0.2, 0.25) is 0 Å². The fraction of sp³-hybridized carbons (Fsp3) is 0.917. The van der Waals surface area contributed by atoms with Crippen LogP contribution in [0.1, 0.15) is 137 Å². The van der Waals surface area contributed by atoms with E-state index in [9.17, 15) is 19.8 Å². The van der Waals surface area contributed by atoms with Crippen LogP contribution in [0, 0.1) is 5.41 Å². The molecule has 0 bridgehead atoms. The number of carbonyl (C=O) groups is 2. The van der Waals surface area contributed by atoms with E-state index in [-0.39, 0.29) is 65.7 Å². The van der Waals surface area contributed by atoms with Crippen molar-refractivity contribution in [3.05, 3.63) is 0 Å². The van der Waals surface area contributed by atoms with Gasteiger partial charge in [-0.15, -0.1) is 0 Å². The zero-order valence-corrected chi connectivity index (χ0v) is 22.8. The van der Waals surface area contributed by atoms with Crippen molar-refractivity contribution in [1.29, 1.82) is 0 Å². The van der Waals surface area contributed by atoms with Crippen molar-refractivity contribution >= 4 is 11.9 Å². The van der Waals surface area contributed by atoms with Gasteiger partial charge in [0.15, 0.2) is 5.41 Å².